The van der Waals surface area contributed by atoms with Crippen molar-refractivity contribution < 1.29 is 17.7 Å². The van der Waals surface area contributed by atoms with Crippen LogP contribution in [0.5, 0.6) is 0 Å². The Hall–Kier alpha value is -0.0725. The van der Waals surface area contributed by atoms with E-state index in [0.29, 0.717) is 11.3 Å². The fourth-order valence-corrected chi connectivity index (χ4v) is 16.9. The minimum atomic E-state index is -2.01. The van der Waals surface area contributed by atoms with Gasteiger partial charge in [0.25, 0.3) is 0 Å². The molecule has 3 aliphatic carbocycles. The molecule has 0 aromatic carbocycles. The summed E-state index contributed by atoms with van der Waals surface area (Å²) in [6.07, 6.45) is 21.1. The van der Waals surface area contributed by atoms with Crippen molar-refractivity contribution in [3.8, 4) is 0 Å². The van der Waals surface area contributed by atoms with Crippen molar-refractivity contribution in [2.45, 2.75) is 259 Å². The van der Waals surface area contributed by atoms with Crippen molar-refractivity contribution in [1.29, 1.82) is 0 Å². The first-order chi connectivity index (χ1) is 26.0. The smallest absolute Gasteiger partial charge is 0.192 e. The number of hydrogen-bond donors (Lipinski definition) is 0. The van der Waals surface area contributed by atoms with Gasteiger partial charge in [0.15, 0.2) is 33.3 Å². The van der Waals surface area contributed by atoms with E-state index < -0.39 is 33.3 Å². The van der Waals surface area contributed by atoms with E-state index in [9.17, 15) is 0 Å². The summed E-state index contributed by atoms with van der Waals surface area (Å²) in [6, 6.07) is 0. The maximum atomic E-state index is 7.19. The van der Waals surface area contributed by atoms with Crippen molar-refractivity contribution in [2.75, 3.05) is 0 Å². The van der Waals surface area contributed by atoms with Crippen LogP contribution in [0.25, 0.3) is 0 Å². The van der Waals surface area contributed by atoms with Gasteiger partial charge in [-0.2, -0.15) is 0 Å². The van der Waals surface area contributed by atoms with Crippen molar-refractivity contribution >= 4 is 33.3 Å². The Morgan fingerprint density at radius 3 is 1.66 bits per heavy atom. The minimum Gasteiger partial charge on any atom is -0.413 e. The van der Waals surface area contributed by atoms with Crippen molar-refractivity contribution in [2.24, 2.45) is 23.2 Å². The Bertz CT molecular complexity index is 1400. The monoisotopic (exact) mass is 875 g/mol. The van der Waals surface area contributed by atoms with Gasteiger partial charge in [-0.15, -0.1) is 0 Å². The number of allylic oxidation sites excluding steroid dienone is 3. The van der Waals surface area contributed by atoms with Crippen LogP contribution in [0.15, 0.2) is 35.5 Å². The van der Waals surface area contributed by atoms with Crippen LogP contribution < -0.4 is 0 Å². The summed E-state index contributed by atoms with van der Waals surface area (Å²) in [6.45, 7) is 54.5. The van der Waals surface area contributed by atoms with E-state index in [1.54, 1.807) is 5.57 Å². The molecule has 0 radical (unpaired) electrons. The second-order valence-electron chi connectivity index (χ2n) is 25.9. The van der Waals surface area contributed by atoms with E-state index in [1.165, 1.54) is 68.9 Å². The summed E-state index contributed by atoms with van der Waals surface area (Å²) < 4.78 is 27.8. The Labute approximate surface area is 366 Å². The molecule has 3 aliphatic rings. The molecule has 0 amide bonds. The fourth-order valence-electron chi connectivity index (χ4n) is 10.7. The second-order valence-corrected chi connectivity index (χ2v) is 44.2. The molecular formula is C50H98O4Si4. The molecule has 8 heteroatoms. The maximum Gasteiger partial charge on any atom is 0.192 e. The molecule has 0 N–H and O–H groups in total. The SMILES string of the molecule is C=C1/C(=C\C=C2/CCC[C@@]3(C)[C@H]2CC[C@H]3C(CCCC(C)(C)O[Si](C)(C)C)CCCC(C)(C)O[Si](C)(C)C)C[C@@H](O[Si](C)(C)C(C)(C)C)C[C@@H]1O[Si](C)(C)C(C)(C)C. The van der Waals surface area contributed by atoms with Crippen LogP contribution in [0, 0.1) is 23.2 Å². The molecule has 0 saturated heterocycles. The molecule has 0 unspecified atom stereocenters. The van der Waals surface area contributed by atoms with Gasteiger partial charge in [-0.25, -0.2) is 0 Å². The van der Waals surface area contributed by atoms with Gasteiger partial charge in [-0.3, -0.25) is 0 Å². The molecule has 0 aromatic rings. The Kier molecular flexibility index (Phi) is 17.1. The largest absolute Gasteiger partial charge is 0.413 e. The molecule has 5 atom stereocenters. The zero-order valence-electron chi connectivity index (χ0n) is 42.6. The van der Waals surface area contributed by atoms with Gasteiger partial charge >= 0.3 is 0 Å². The van der Waals surface area contributed by atoms with Crippen LogP contribution in [0.2, 0.25) is 75.5 Å². The van der Waals surface area contributed by atoms with Gasteiger partial charge in [-0.1, -0.05) is 98.5 Å². The summed E-state index contributed by atoms with van der Waals surface area (Å²) >= 11 is 0. The number of fused-ring (bicyclic) bond motifs is 1. The summed E-state index contributed by atoms with van der Waals surface area (Å²) in [5.74, 6) is 2.18. The highest BCUT2D eigenvalue weighted by Crippen LogP contribution is 2.61. The van der Waals surface area contributed by atoms with Crippen LogP contribution in [0.4, 0.5) is 0 Å². The topological polar surface area (TPSA) is 36.9 Å². The lowest BCUT2D eigenvalue weighted by Crippen LogP contribution is -2.49. The van der Waals surface area contributed by atoms with Gasteiger partial charge in [0.2, 0.25) is 0 Å². The molecule has 58 heavy (non-hydrogen) atoms. The van der Waals surface area contributed by atoms with Crippen molar-refractivity contribution in [3.05, 3.63) is 35.5 Å². The quantitative estimate of drug-likeness (QED) is 0.129. The molecule has 0 aromatic heterocycles. The molecule has 3 rings (SSSR count). The lowest BCUT2D eigenvalue weighted by molar-refractivity contribution is 0.0588. The third kappa shape index (κ3) is 14.8. The molecule has 338 valence electrons. The number of rotatable bonds is 18. The first kappa shape index (κ1) is 52.3. The van der Waals surface area contributed by atoms with Gasteiger partial charge in [0.05, 0.1) is 23.4 Å². The predicted molar refractivity (Wildman–Crippen MR) is 265 cm³/mol. The third-order valence-corrected chi connectivity index (χ3v) is 26.6. The lowest BCUT2D eigenvalue weighted by atomic mass is 9.60. The van der Waals surface area contributed by atoms with Crippen LogP contribution in [0.3, 0.4) is 0 Å². The summed E-state index contributed by atoms with van der Waals surface area (Å²) in [5.41, 5.74) is 4.50. The zero-order chi connectivity index (χ0) is 44.6. The zero-order valence-corrected chi connectivity index (χ0v) is 46.6. The van der Waals surface area contributed by atoms with E-state index in [2.05, 4.69) is 154 Å². The summed E-state index contributed by atoms with van der Waals surface area (Å²) in [4.78, 5) is 0. The Morgan fingerprint density at radius 1 is 0.707 bits per heavy atom. The second kappa shape index (κ2) is 19.0. The van der Waals surface area contributed by atoms with Gasteiger partial charge in [-0.05, 0) is 189 Å². The molecule has 0 heterocycles. The molecule has 0 spiro atoms. The van der Waals surface area contributed by atoms with Crippen LogP contribution in [0.1, 0.15) is 160 Å². The highest BCUT2D eigenvalue weighted by atomic mass is 28.4. The van der Waals surface area contributed by atoms with Crippen molar-refractivity contribution in [1.82, 2.24) is 0 Å². The number of hydrogen-bond acceptors (Lipinski definition) is 4. The van der Waals surface area contributed by atoms with E-state index in [4.69, 9.17) is 24.3 Å². The molecule has 3 saturated carbocycles. The first-order valence-corrected chi connectivity index (χ1v) is 36.5. The van der Waals surface area contributed by atoms with Crippen molar-refractivity contribution in [3.63, 3.8) is 0 Å². The molecule has 0 bridgehead atoms. The molecule has 4 nitrogen and oxygen atoms in total. The highest BCUT2D eigenvalue weighted by molar-refractivity contribution is 6.74. The first-order valence-electron chi connectivity index (χ1n) is 23.8. The Morgan fingerprint density at radius 2 is 1.19 bits per heavy atom. The standard InChI is InChI=1S/C50H98O4Si4/c1-38-41(36-42(51-57(19,20)46(2,3)4)37-45(38)52-58(21,22)47(5,6)7)30-29-40-28-25-35-50(12)43(31-32-44(40)50)39(26-23-33-48(8,9)53-55(13,14)15)27-24-34-49(10,11)54-56(16,17)18/h29-30,39,42-45H,1,23-28,31-37H2,2-22H3/b40-29+,41-30-/t42-,43+,44+,45+,50-/m1/s1. The van der Waals surface area contributed by atoms with Gasteiger partial charge < -0.3 is 17.7 Å². The fraction of sp³-hybridized carbons (Fsp3) is 0.880. The van der Waals surface area contributed by atoms with Crippen LogP contribution in [-0.4, -0.2) is 56.7 Å². The summed E-state index contributed by atoms with van der Waals surface area (Å²) in [5, 5.41) is 0.314. The summed E-state index contributed by atoms with van der Waals surface area (Å²) in [7, 11) is -7.18. The normalized spacial score (nSPS) is 27.6. The van der Waals surface area contributed by atoms with E-state index >= 15 is 0 Å². The van der Waals surface area contributed by atoms with E-state index in [1.807, 2.05) is 0 Å². The average molecular weight is 876 g/mol. The molecule has 3 fully saturated rings. The van der Waals surface area contributed by atoms with E-state index in [0.717, 1.165) is 37.5 Å². The average Bonchev–Trinajstić information content (AvgIpc) is 3.34. The van der Waals surface area contributed by atoms with Crippen LogP contribution >= 0.6 is 0 Å². The van der Waals surface area contributed by atoms with Gasteiger partial charge in [0.1, 0.15) is 0 Å². The highest BCUT2D eigenvalue weighted by Gasteiger charge is 2.51. The third-order valence-electron chi connectivity index (χ3n) is 15.2. The van der Waals surface area contributed by atoms with Crippen LogP contribution in [-0.2, 0) is 17.7 Å². The Balaban J connectivity index is 1.92. The molecular weight excluding hydrogens is 777 g/mol. The lowest BCUT2D eigenvalue weighted by Gasteiger charge is -2.46. The van der Waals surface area contributed by atoms with Gasteiger partial charge in [0, 0.05) is 6.42 Å². The van der Waals surface area contributed by atoms with E-state index in [-0.39, 0.29) is 33.5 Å². The molecule has 0 aliphatic heterocycles. The minimum absolute atomic E-state index is 0.0181. The predicted octanol–water partition coefficient (Wildman–Crippen LogP) is 16.4. The maximum absolute atomic E-state index is 7.19.